The quantitative estimate of drug-likeness (QED) is 0.543. The molecule has 0 fully saturated rings. The number of hydrogen-bond donors (Lipinski definition) is 1. The van der Waals surface area contributed by atoms with Crippen molar-refractivity contribution in [2.24, 2.45) is 0 Å². The van der Waals surface area contributed by atoms with Gasteiger partial charge in [-0.15, -0.1) is 0 Å². The van der Waals surface area contributed by atoms with Crippen LogP contribution in [0.25, 0.3) is 0 Å². The summed E-state index contributed by atoms with van der Waals surface area (Å²) in [7, 11) is 0.812. The third kappa shape index (κ3) is 1.66. The van der Waals surface area contributed by atoms with Crippen molar-refractivity contribution in [3.05, 3.63) is 35.9 Å². The molecule has 1 nitrogen and oxygen atoms in total. The molecule has 0 bridgehead atoms. The third-order valence-corrected chi connectivity index (χ3v) is 1.95. The summed E-state index contributed by atoms with van der Waals surface area (Å²) in [6, 6.07) is 9.72. The van der Waals surface area contributed by atoms with Gasteiger partial charge in [0.1, 0.15) is 0 Å². The van der Waals surface area contributed by atoms with Gasteiger partial charge in [-0.2, -0.15) is 0 Å². The highest BCUT2D eigenvalue weighted by atomic mass is 28.1. The summed E-state index contributed by atoms with van der Waals surface area (Å²) in [5.41, 5.74) is 0.829. The first-order valence-electron chi connectivity index (χ1n) is 3.03. The third-order valence-electron chi connectivity index (χ3n) is 1.28. The summed E-state index contributed by atoms with van der Waals surface area (Å²) >= 11 is 0. The highest BCUT2D eigenvalue weighted by Crippen LogP contribution is 2.06. The Morgan fingerprint density at radius 3 is 2.11 bits per heavy atom. The van der Waals surface area contributed by atoms with E-state index in [2.05, 4.69) is 0 Å². The molecular formula is C7H10OSi. The van der Waals surface area contributed by atoms with Crippen LogP contribution in [0.2, 0.25) is 0 Å². The fraction of sp³-hybridized carbons (Fsp3) is 0.143. The van der Waals surface area contributed by atoms with Crippen molar-refractivity contribution in [3.63, 3.8) is 0 Å². The van der Waals surface area contributed by atoms with Gasteiger partial charge in [0.2, 0.25) is 0 Å². The van der Waals surface area contributed by atoms with Gasteiger partial charge in [0, 0.05) is 10.2 Å². The lowest BCUT2D eigenvalue weighted by molar-refractivity contribution is 0.262. The molecule has 0 spiro atoms. The summed E-state index contributed by atoms with van der Waals surface area (Å²) in [6.07, 6.45) is 0. The maximum atomic E-state index is 9.09. The van der Waals surface area contributed by atoms with Crippen molar-refractivity contribution in [1.29, 1.82) is 0 Å². The summed E-state index contributed by atoms with van der Waals surface area (Å²) in [5, 5.41) is 9.09. The molecule has 2 heteroatoms. The standard InChI is InChI=1S/C7H10OSi/c8-7(9)6-4-2-1-3-5-6/h1-5,7-8H,9H3. The largest absolute Gasteiger partial charge is 0.393 e. The molecule has 1 rings (SSSR count). The van der Waals surface area contributed by atoms with Crippen LogP contribution >= 0.6 is 0 Å². The molecule has 1 N–H and O–H groups in total. The van der Waals surface area contributed by atoms with Crippen LogP contribution in [0.5, 0.6) is 0 Å². The molecule has 0 saturated heterocycles. The fourth-order valence-electron chi connectivity index (χ4n) is 0.732. The SMILES string of the molecule is OC([SiH3])c1ccccc1. The lowest BCUT2D eigenvalue weighted by Crippen LogP contribution is -1.93. The Balaban J connectivity index is 2.85. The first-order valence-corrected chi connectivity index (χ1v) is 4.19. The van der Waals surface area contributed by atoms with Gasteiger partial charge in [-0.05, 0) is 5.56 Å². The van der Waals surface area contributed by atoms with Gasteiger partial charge in [-0.1, -0.05) is 30.3 Å². The van der Waals surface area contributed by atoms with Crippen LogP contribution in [0.15, 0.2) is 30.3 Å². The van der Waals surface area contributed by atoms with Crippen LogP contribution in [-0.2, 0) is 0 Å². The molecule has 0 heterocycles. The highest BCUT2D eigenvalue weighted by molar-refractivity contribution is 6.11. The zero-order chi connectivity index (χ0) is 6.69. The van der Waals surface area contributed by atoms with Gasteiger partial charge in [-0.25, -0.2) is 0 Å². The predicted octanol–water partition coefficient (Wildman–Crippen LogP) is 0.0429. The Morgan fingerprint density at radius 1 is 1.22 bits per heavy atom. The zero-order valence-electron chi connectivity index (χ0n) is 5.41. The van der Waals surface area contributed by atoms with Gasteiger partial charge in [0.05, 0.1) is 5.73 Å². The van der Waals surface area contributed by atoms with Crippen molar-refractivity contribution in [2.45, 2.75) is 5.73 Å². The van der Waals surface area contributed by atoms with Gasteiger partial charge in [0.25, 0.3) is 0 Å². The van der Waals surface area contributed by atoms with Crippen molar-refractivity contribution in [1.82, 2.24) is 0 Å². The smallest absolute Gasteiger partial charge is 0.0588 e. The molecule has 1 aromatic carbocycles. The van der Waals surface area contributed by atoms with E-state index in [9.17, 15) is 0 Å². The van der Waals surface area contributed by atoms with Gasteiger partial charge in [-0.3, -0.25) is 0 Å². The average molecular weight is 138 g/mol. The minimum Gasteiger partial charge on any atom is -0.393 e. The molecule has 0 amide bonds. The van der Waals surface area contributed by atoms with E-state index in [1.165, 1.54) is 0 Å². The summed E-state index contributed by atoms with van der Waals surface area (Å²) in [5.74, 6) is 0. The Bertz CT molecular complexity index is 172. The predicted molar refractivity (Wildman–Crippen MR) is 41.3 cm³/mol. The van der Waals surface area contributed by atoms with Crippen molar-refractivity contribution >= 4 is 10.2 Å². The molecule has 48 valence electrons. The van der Waals surface area contributed by atoms with E-state index in [-0.39, 0.29) is 5.73 Å². The Labute approximate surface area is 57.8 Å². The molecule has 1 atom stereocenters. The van der Waals surface area contributed by atoms with E-state index in [1.807, 2.05) is 30.3 Å². The van der Waals surface area contributed by atoms with Gasteiger partial charge in [0.15, 0.2) is 0 Å². The van der Waals surface area contributed by atoms with Gasteiger partial charge >= 0.3 is 0 Å². The average Bonchev–Trinajstić information content (AvgIpc) is 1.90. The van der Waals surface area contributed by atoms with E-state index in [0.29, 0.717) is 0 Å². The molecule has 0 saturated carbocycles. The van der Waals surface area contributed by atoms with Crippen LogP contribution in [-0.4, -0.2) is 15.3 Å². The normalized spacial score (nSPS) is 13.4. The summed E-state index contributed by atoms with van der Waals surface area (Å²) < 4.78 is 0. The highest BCUT2D eigenvalue weighted by Gasteiger charge is 1.95. The number of rotatable bonds is 1. The van der Waals surface area contributed by atoms with E-state index in [0.717, 1.165) is 15.8 Å². The van der Waals surface area contributed by atoms with Crippen molar-refractivity contribution in [2.75, 3.05) is 0 Å². The molecule has 9 heavy (non-hydrogen) atoms. The number of benzene rings is 1. The summed E-state index contributed by atoms with van der Waals surface area (Å²) in [4.78, 5) is 0. The molecule has 0 radical (unpaired) electrons. The van der Waals surface area contributed by atoms with E-state index < -0.39 is 0 Å². The maximum absolute atomic E-state index is 9.09. The Morgan fingerprint density at radius 2 is 1.78 bits per heavy atom. The molecule has 0 aliphatic heterocycles. The molecule has 1 unspecified atom stereocenters. The van der Waals surface area contributed by atoms with Gasteiger partial charge < -0.3 is 5.11 Å². The zero-order valence-corrected chi connectivity index (χ0v) is 7.41. The van der Waals surface area contributed by atoms with Crippen LogP contribution in [0.3, 0.4) is 0 Å². The van der Waals surface area contributed by atoms with Crippen LogP contribution < -0.4 is 0 Å². The van der Waals surface area contributed by atoms with Crippen molar-refractivity contribution in [3.8, 4) is 0 Å². The first-order chi connectivity index (χ1) is 4.30. The molecule has 0 aliphatic rings. The molecule has 1 aromatic rings. The summed E-state index contributed by atoms with van der Waals surface area (Å²) in [6.45, 7) is 0. The van der Waals surface area contributed by atoms with Crippen molar-refractivity contribution < 1.29 is 5.11 Å². The number of hydrogen-bond acceptors (Lipinski definition) is 1. The Kier molecular flexibility index (Phi) is 2.03. The maximum Gasteiger partial charge on any atom is 0.0588 e. The fourth-order valence-corrected chi connectivity index (χ4v) is 1.12. The second-order valence-corrected chi connectivity index (χ2v) is 3.18. The molecular weight excluding hydrogens is 128 g/mol. The van der Waals surface area contributed by atoms with E-state index in [4.69, 9.17) is 5.11 Å². The second-order valence-electron chi connectivity index (χ2n) is 2.09. The monoisotopic (exact) mass is 138 g/mol. The second kappa shape index (κ2) is 2.80. The minimum atomic E-state index is -0.203. The molecule has 0 aliphatic carbocycles. The molecule has 0 aromatic heterocycles. The Hall–Kier alpha value is -0.603. The van der Waals surface area contributed by atoms with E-state index in [1.54, 1.807) is 0 Å². The topological polar surface area (TPSA) is 20.2 Å². The van der Waals surface area contributed by atoms with Crippen LogP contribution in [0, 0.1) is 0 Å². The minimum absolute atomic E-state index is 0.203. The van der Waals surface area contributed by atoms with E-state index >= 15 is 0 Å². The number of aliphatic hydroxyl groups is 1. The van der Waals surface area contributed by atoms with Crippen LogP contribution in [0.1, 0.15) is 11.3 Å². The lowest BCUT2D eigenvalue weighted by Gasteiger charge is -2.01. The lowest BCUT2D eigenvalue weighted by atomic mass is 10.2. The first kappa shape index (κ1) is 6.52. The van der Waals surface area contributed by atoms with Crippen LogP contribution in [0.4, 0.5) is 0 Å². The number of aliphatic hydroxyl groups excluding tert-OH is 1.